The summed E-state index contributed by atoms with van der Waals surface area (Å²) in [6.07, 6.45) is -0.207. The van der Waals surface area contributed by atoms with E-state index in [-0.39, 0.29) is 12.2 Å². The predicted octanol–water partition coefficient (Wildman–Crippen LogP) is -1.70. The maximum atomic E-state index is 11.9. The SMILES string of the molecule is O=c1[nH]c(=O)n([C@@]2(CO)OC[C@@H](O)[C@@H]2O)cc1/C=C/Br. The molecule has 8 nitrogen and oxygen atoms in total. The summed E-state index contributed by atoms with van der Waals surface area (Å²) in [4.78, 5) is 26.9. The molecule has 1 aliphatic heterocycles. The van der Waals surface area contributed by atoms with Crippen molar-refractivity contribution in [3.63, 3.8) is 0 Å². The molecule has 4 N–H and O–H groups in total. The van der Waals surface area contributed by atoms with E-state index in [1.54, 1.807) is 0 Å². The quantitative estimate of drug-likeness (QED) is 0.516. The van der Waals surface area contributed by atoms with Gasteiger partial charge in [-0.05, 0) is 11.1 Å². The summed E-state index contributed by atoms with van der Waals surface area (Å²) in [6.45, 7) is -0.981. The molecule has 2 heterocycles. The van der Waals surface area contributed by atoms with Gasteiger partial charge in [0, 0.05) is 6.20 Å². The molecule has 1 aromatic rings. The Morgan fingerprint density at radius 1 is 1.55 bits per heavy atom. The van der Waals surface area contributed by atoms with Gasteiger partial charge in [0.1, 0.15) is 12.2 Å². The molecule has 0 unspecified atom stereocenters. The van der Waals surface area contributed by atoms with Crippen LogP contribution < -0.4 is 11.2 Å². The Hall–Kier alpha value is -1.26. The lowest BCUT2D eigenvalue weighted by Gasteiger charge is -2.31. The van der Waals surface area contributed by atoms with Gasteiger partial charge in [-0.2, -0.15) is 0 Å². The Bertz CT molecular complexity index is 639. The number of aliphatic hydroxyl groups is 3. The number of ether oxygens (including phenoxy) is 1. The van der Waals surface area contributed by atoms with Gasteiger partial charge in [-0.25, -0.2) is 4.79 Å². The second-order valence-electron chi connectivity index (χ2n) is 4.33. The number of aromatic amines is 1. The van der Waals surface area contributed by atoms with E-state index in [9.17, 15) is 24.9 Å². The monoisotopic (exact) mass is 348 g/mol. The van der Waals surface area contributed by atoms with Gasteiger partial charge in [-0.3, -0.25) is 14.3 Å². The molecule has 3 atom stereocenters. The van der Waals surface area contributed by atoms with Gasteiger partial charge < -0.3 is 20.1 Å². The van der Waals surface area contributed by atoms with Crippen LogP contribution in [0.5, 0.6) is 0 Å². The number of hydrogen-bond acceptors (Lipinski definition) is 6. The van der Waals surface area contributed by atoms with E-state index < -0.39 is 35.8 Å². The van der Waals surface area contributed by atoms with Gasteiger partial charge >= 0.3 is 5.69 Å². The number of H-pyrrole nitrogens is 1. The third kappa shape index (κ3) is 2.27. The first-order valence-electron chi connectivity index (χ1n) is 5.70. The second kappa shape index (κ2) is 5.62. The minimum atomic E-state index is -1.82. The van der Waals surface area contributed by atoms with Crippen LogP contribution in [-0.2, 0) is 10.5 Å². The third-order valence-corrected chi connectivity index (χ3v) is 3.44. The summed E-state index contributed by atoms with van der Waals surface area (Å²) in [5.74, 6) is 0. The first-order valence-corrected chi connectivity index (χ1v) is 6.62. The van der Waals surface area contributed by atoms with Crippen molar-refractivity contribution in [2.45, 2.75) is 17.9 Å². The lowest BCUT2D eigenvalue weighted by Crippen LogP contribution is -2.54. The zero-order chi connectivity index (χ0) is 14.9. The van der Waals surface area contributed by atoms with Gasteiger partial charge in [0.05, 0.1) is 18.8 Å². The number of nitrogens with one attached hydrogen (secondary N) is 1. The number of hydrogen-bond donors (Lipinski definition) is 4. The van der Waals surface area contributed by atoms with Gasteiger partial charge in [0.15, 0.2) is 0 Å². The highest BCUT2D eigenvalue weighted by molar-refractivity contribution is 9.11. The molecule has 1 aromatic heterocycles. The molecular formula is C11H13BrN2O6. The summed E-state index contributed by atoms with van der Waals surface area (Å²) < 4.78 is 6.08. The van der Waals surface area contributed by atoms with Crippen LogP contribution in [0.1, 0.15) is 5.56 Å². The fourth-order valence-electron chi connectivity index (χ4n) is 2.09. The first-order chi connectivity index (χ1) is 9.46. The van der Waals surface area contributed by atoms with Crippen LogP contribution in [0.25, 0.3) is 6.08 Å². The third-order valence-electron chi connectivity index (χ3n) is 3.18. The van der Waals surface area contributed by atoms with Gasteiger partial charge in [0.25, 0.3) is 5.56 Å². The fraction of sp³-hybridized carbons (Fsp3) is 0.455. The summed E-state index contributed by atoms with van der Waals surface area (Å²) in [5.41, 5.74) is -3.19. The van der Waals surface area contributed by atoms with Gasteiger partial charge in [0.2, 0.25) is 5.72 Å². The smallest absolute Gasteiger partial charge is 0.330 e. The average Bonchev–Trinajstić information content (AvgIpc) is 2.71. The second-order valence-corrected chi connectivity index (χ2v) is 4.86. The Labute approximate surface area is 121 Å². The van der Waals surface area contributed by atoms with E-state index in [0.717, 1.165) is 10.8 Å². The molecule has 0 aliphatic carbocycles. The zero-order valence-electron chi connectivity index (χ0n) is 10.2. The average molecular weight is 349 g/mol. The van der Waals surface area contributed by atoms with Gasteiger partial charge in [-0.1, -0.05) is 15.9 Å². The minimum Gasteiger partial charge on any atom is -0.391 e. The Morgan fingerprint density at radius 3 is 2.75 bits per heavy atom. The number of rotatable bonds is 3. The largest absolute Gasteiger partial charge is 0.391 e. The Kier molecular flexibility index (Phi) is 4.25. The van der Waals surface area contributed by atoms with E-state index in [1.165, 1.54) is 11.1 Å². The molecule has 0 aromatic carbocycles. The molecule has 1 fully saturated rings. The first kappa shape index (κ1) is 15.1. The Balaban J connectivity index is 2.65. The number of aliphatic hydroxyl groups excluding tert-OH is 3. The van der Waals surface area contributed by atoms with E-state index in [4.69, 9.17) is 4.74 Å². The normalized spacial score (nSPS) is 30.2. The van der Waals surface area contributed by atoms with Crippen molar-refractivity contribution in [3.8, 4) is 0 Å². The van der Waals surface area contributed by atoms with Crippen LogP contribution in [0, 0.1) is 0 Å². The van der Waals surface area contributed by atoms with Crippen molar-refractivity contribution in [1.82, 2.24) is 9.55 Å². The van der Waals surface area contributed by atoms with Crippen LogP contribution in [0.3, 0.4) is 0 Å². The van der Waals surface area contributed by atoms with Crippen LogP contribution in [-0.4, -0.2) is 50.3 Å². The van der Waals surface area contributed by atoms with Crippen molar-refractivity contribution < 1.29 is 20.1 Å². The lowest BCUT2D eigenvalue weighted by atomic mass is 10.1. The van der Waals surface area contributed by atoms with Crippen LogP contribution in [0.4, 0.5) is 0 Å². The maximum Gasteiger partial charge on any atom is 0.330 e. The highest BCUT2D eigenvalue weighted by Gasteiger charge is 2.51. The van der Waals surface area contributed by atoms with E-state index in [2.05, 4.69) is 20.9 Å². The summed E-state index contributed by atoms with van der Waals surface area (Å²) in [5, 5.41) is 29.0. The maximum absolute atomic E-state index is 11.9. The molecular weight excluding hydrogens is 336 g/mol. The molecule has 1 saturated heterocycles. The number of halogens is 1. The fourth-order valence-corrected chi connectivity index (χ4v) is 2.37. The molecule has 1 aliphatic rings. The highest BCUT2D eigenvalue weighted by atomic mass is 79.9. The molecule has 0 bridgehead atoms. The predicted molar refractivity (Wildman–Crippen MR) is 72.3 cm³/mol. The van der Waals surface area contributed by atoms with Crippen LogP contribution >= 0.6 is 15.9 Å². The van der Waals surface area contributed by atoms with Crippen LogP contribution in [0.15, 0.2) is 20.8 Å². The molecule has 20 heavy (non-hydrogen) atoms. The van der Waals surface area contributed by atoms with E-state index >= 15 is 0 Å². The number of nitrogens with zero attached hydrogens (tertiary/aromatic N) is 1. The Morgan fingerprint density at radius 2 is 2.25 bits per heavy atom. The van der Waals surface area contributed by atoms with Crippen LogP contribution in [0.2, 0.25) is 0 Å². The van der Waals surface area contributed by atoms with Crippen molar-refractivity contribution in [1.29, 1.82) is 0 Å². The van der Waals surface area contributed by atoms with Crippen molar-refractivity contribution in [3.05, 3.63) is 37.6 Å². The molecule has 9 heteroatoms. The summed E-state index contributed by atoms with van der Waals surface area (Å²) >= 11 is 3.01. The summed E-state index contributed by atoms with van der Waals surface area (Å²) in [6, 6.07) is 0. The molecule has 0 spiro atoms. The molecule has 0 amide bonds. The van der Waals surface area contributed by atoms with Crippen molar-refractivity contribution >= 4 is 22.0 Å². The standard InChI is InChI=1S/C11H13BrN2O6/c12-2-1-6-3-14(10(19)13-9(6)18)11(5-15)8(17)7(16)4-20-11/h1-3,7-8,15-17H,4-5H2,(H,13,18,19)/b2-1+/t7-,8+,11+/m1/s1. The van der Waals surface area contributed by atoms with E-state index in [0.29, 0.717) is 0 Å². The molecule has 110 valence electrons. The minimum absolute atomic E-state index is 0.117. The van der Waals surface area contributed by atoms with Crippen molar-refractivity contribution in [2.24, 2.45) is 0 Å². The number of aromatic nitrogens is 2. The summed E-state index contributed by atoms with van der Waals surface area (Å²) in [7, 11) is 0. The topological polar surface area (TPSA) is 125 Å². The van der Waals surface area contributed by atoms with E-state index in [1.807, 2.05) is 0 Å². The molecule has 0 radical (unpaired) electrons. The molecule has 2 rings (SSSR count). The van der Waals surface area contributed by atoms with Crippen molar-refractivity contribution in [2.75, 3.05) is 13.2 Å². The highest BCUT2D eigenvalue weighted by Crippen LogP contribution is 2.30. The zero-order valence-corrected chi connectivity index (χ0v) is 11.8. The molecule has 0 saturated carbocycles. The van der Waals surface area contributed by atoms with Gasteiger partial charge in [-0.15, -0.1) is 0 Å². The lowest BCUT2D eigenvalue weighted by molar-refractivity contribution is -0.154.